The van der Waals surface area contributed by atoms with Crippen molar-refractivity contribution in [1.82, 2.24) is 10.6 Å². The molecule has 2 aromatic carbocycles. The first-order valence-electron chi connectivity index (χ1n) is 9.21. The molecule has 2 amide bonds. The van der Waals surface area contributed by atoms with Crippen LogP contribution in [0.5, 0.6) is 5.75 Å². The van der Waals surface area contributed by atoms with Gasteiger partial charge in [-0.05, 0) is 49.6 Å². The van der Waals surface area contributed by atoms with E-state index in [0.717, 1.165) is 16.9 Å². The van der Waals surface area contributed by atoms with Gasteiger partial charge in [-0.25, -0.2) is 0 Å². The number of carbonyl (C=O) groups excluding carboxylic acids is 2. The van der Waals surface area contributed by atoms with E-state index in [4.69, 9.17) is 4.74 Å². The highest BCUT2D eigenvalue weighted by Crippen LogP contribution is 2.12. The van der Waals surface area contributed by atoms with Crippen molar-refractivity contribution in [1.29, 1.82) is 0 Å². The van der Waals surface area contributed by atoms with Gasteiger partial charge >= 0.3 is 0 Å². The summed E-state index contributed by atoms with van der Waals surface area (Å²) in [5.41, 5.74) is 2.67. The molecule has 2 N–H and O–H groups in total. The second kappa shape index (κ2) is 9.76. The van der Waals surface area contributed by atoms with Gasteiger partial charge in [0, 0.05) is 5.56 Å². The zero-order valence-electron chi connectivity index (χ0n) is 16.4. The molecule has 0 bridgehead atoms. The van der Waals surface area contributed by atoms with E-state index in [1.807, 2.05) is 64.1 Å². The van der Waals surface area contributed by atoms with Crippen molar-refractivity contribution in [3.05, 3.63) is 65.2 Å². The van der Waals surface area contributed by atoms with Gasteiger partial charge in [0.15, 0.2) is 0 Å². The smallest absolute Gasteiger partial charge is 0.251 e. The van der Waals surface area contributed by atoms with Gasteiger partial charge < -0.3 is 15.4 Å². The van der Waals surface area contributed by atoms with E-state index in [9.17, 15) is 9.59 Å². The third-order valence-electron chi connectivity index (χ3n) is 4.18. The van der Waals surface area contributed by atoms with Gasteiger partial charge in [0.1, 0.15) is 18.4 Å². The molecule has 0 fully saturated rings. The number of ether oxygens (including phenoxy) is 1. The average molecular weight is 368 g/mol. The summed E-state index contributed by atoms with van der Waals surface area (Å²) < 4.78 is 5.64. The monoisotopic (exact) mass is 368 g/mol. The third-order valence-corrected chi connectivity index (χ3v) is 4.18. The van der Waals surface area contributed by atoms with Crippen molar-refractivity contribution in [2.75, 3.05) is 13.2 Å². The molecule has 0 aliphatic carbocycles. The molecule has 0 radical (unpaired) electrons. The van der Waals surface area contributed by atoms with Crippen LogP contribution in [0.4, 0.5) is 0 Å². The first kappa shape index (κ1) is 20.5. The van der Waals surface area contributed by atoms with Crippen molar-refractivity contribution in [2.45, 2.75) is 33.7 Å². The second-order valence-corrected chi connectivity index (χ2v) is 7.02. The molecule has 2 aromatic rings. The maximum Gasteiger partial charge on any atom is 0.251 e. The standard InChI is InChI=1S/C22H28N2O3/c1-15(2)20(24-21(25)18-9-5-7-16(3)13-18)22(26)23-11-12-27-19-10-6-8-17(4)14-19/h5-10,13-15,20H,11-12H2,1-4H3,(H,23,26)(H,24,25)/t20-/m0/s1. The summed E-state index contributed by atoms with van der Waals surface area (Å²) in [5.74, 6) is 0.288. The molecule has 0 spiro atoms. The van der Waals surface area contributed by atoms with Crippen molar-refractivity contribution in [2.24, 2.45) is 5.92 Å². The van der Waals surface area contributed by atoms with Gasteiger partial charge in [-0.2, -0.15) is 0 Å². The number of hydrogen-bond acceptors (Lipinski definition) is 3. The summed E-state index contributed by atoms with van der Waals surface area (Å²) in [4.78, 5) is 24.9. The largest absolute Gasteiger partial charge is 0.492 e. The summed E-state index contributed by atoms with van der Waals surface area (Å²) in [5, 5.41) is 5.67. The van der Waals surface area contributed by atoms with E-state index < -0.39 is 6.04 Å². The normalized spacial score (nSPS) is 11.7. The number of nitrogens with one attached hydrogen (secondary N) is 2. The molecule has 0 heterocycles. The van der Waals surface area contributed by atoms with Crippen molar-refractivity contribution >= 4 is 11.8 Å². The van der Waals surface area contributed by atoms with E-state index in [-0.39, 0.29) is 17.7 Å². The number of carbonyl (C=O) groups is 2. The first-order chi connectivity index (χ1) is 12.9. The predicted octanol–water partition coefficient (Wildman–Crippen LogP) is 3.25. The summed E-state index contributed by atoms with van der Waals surface area (Å²) in [6, 6.07) is 14.5. The van der Waals surface area contributed by atoms with Crippen molar-refractivity contribution < 1.29 is 14.3 Å². The summed E-state index contributed by atoms with van der Waals surface area (Å²) in [6.07, 6.45) is 0. The van der Waals surface area contributed by atoms with Crippen molar-refractivity contribution in [3.8, 4) is 5.75 Å². The minimum Gasteiger partial charge on any atom is -0.492 e. The van der Waals surface area contributed by atoms with Gasteiger partial charge in [-0.3, -0.25) is 9.59 Å². The molecule has 0 aliphatic rings. The van der Waals surface area contributed by atoms with Crippen LogP contribution in [-0.2, 0) is 4.79 Å². The Hall–Kier alpha value is -2.82. The van der Waals surface area contributed by atoms with Crippen LogP contribution in [0.15, 0.2) is 48.5 Å². The van der Waals surface area contributed by atoms with Crippen LogP contribution in [0, 0.1) is 19.8 Å². The summed E-state index contributed by atoms with van der Waals surface area (Å²) >= 11 is 0. The fourth-order valence-corrected chi connectivity index (χ4v) is 2.70. The summed E-state index contributed by atoms with van der Waals surface area (Å²) in [7, 11) is 0. The highest BCUT2D eigenvalue weighted by Gasteiger charge is 2.24. The Labute approximate surface area is 161 Å². The zero-order chi connectivity index (χ0) is 19.8. The molecule has 0 unspecified atom stereocenters. The maximum atomic E-state index is 12.5. The Balaban J connectivity index is 1.86. The van der Waals surface area contributed by atoms with Crippen LogP contribution >= 0.6 is 0 Å². The quantitative estimate of drug-likeness (QED) is 0.703. The average Bonchev–Trinajstić information content (AvgIpc) is 2.62. The molecule has 5 nitrogen and oxygen atoms in total. The molecule has 1 atom stereocenters. The van der Waals surface area contributed by atoms with Gasteiger partial charge in [0.05, 0.1) is 6.54 Å². The lowest BCUT2D eigenvalue weighted by Gasteiger charge is -2.22. The van der Waals surface area contributed by atoms with Crippen LogP contribution in [0.25, 0.3) is 0 Å². The van der Waals surface area contributed by atoms with Gasteiger partial charge in [-0.1, -0.05) is 43.7 Å². The predicted molar refractivity (Wildman–Crippen MR) is 107 cm³/mol. The third kappa shape index (κ3) is 6.44. The lowest BCUT2D eigenvalue weighted by atomic mass is 10.0. The van der Waals surface area contributed by atoms with E-state index in [1.165, 1.54) is 0 Å². The molecular weight excluding hydrogens is 340 g/mol. The van der Waals surface area contributed by atoms with Crippen LogP contribution in [0.2, 0.25) is 0 Å². The minimum absolute atomic E-state index is 0.0311. The Morgan fingerprint density at radius 1 is 1.00 bits per heavy atom. The van der Waals surface area contributed by atoms with E-state index in [0.29, 0.717) is 18.7 Å². The Morgan fingerprint density at radius 3 is 2.30 bits per heavy atom. The van der Waals surface area contributed by atoms with Gasteiger partial charge in [0.2, 0.25) is 5.91 Å². The van der Waals surface area contributed by atoms with Crippen LogP contribution < -0.4 is 15.4 Å². The van der Waals surface area contributed by atoms with E-state index >= 15 is 0 Å². The van der Waals surface area contributed by atoms with Crippen LogP contribution in [0.1, 0.15) is 35.3 Å². The fraction of sp³-hybridized carbons (Fsp3) is 0.364. The highest BCUT2D eigenvalue weighted by atomic mass is 16.5. The maximum absolute atomic E-state index is 12.5. The zero-order valence-corrected chi connectivity index (χ0v) is 16.4. The first-order valence-corrected chi connectivity index (χ1v) is 9.21. The second-order valence-electron chi connectivity index (χ2n) is 7.02. The van der Waals surface area contributed by atoms with Crippen molar-refractivity contribution in [3.63, 3.8) is 0 Å². The molecule has 0 aliphatic heterocycles. The molecule has 2 rings (SSSR count). The molecule has 144 valence electrons. The van der Waals surface area contributed by atoms with E-state index in [1.54, 1.807) is 12.1 Å². The molecular formula is C22H28N2O3. The Kier molecular flexibility index (Phi) is 7.41. The van der Waals surface area contributed by atoms with Gasteiger partial charge in [0.25, 0.3) is 5.91 Å². The number of amides is 2. The van der Waals surface area contributed by atoms with Crippen LogP contribution in [-0.4, -0.2) is 31.0 Å². The van der Waals surface area contributed by atoms with Gasteiger partial charge in [-0.15, -0.1) is 0 Å². The molecule has 5 heteroatoms. The molecule has 0 saturated carbocycles. The van der Waals surface area contributed by atoms with E-state index in [2.05, 4.69) is 10.6 Å². The number of aryl methyl sites for hydroxylation is 2. The number of rotatable bonds is 8. The Bertz CT molecular complexity index is 787. The lowest BCUT2D eigenvalue weighted by Crippen LogP contribution is -2.50. The highest BCUT2D eigenvalue weighted by molar-refractivity contribution is 5.97. The Morgan fingerprint density at radius 2 is 1.67 bits per heavy atom. The lowest BCUT2D eigenvalue weighted by molar-refractivity contribution is -0.124. The SMILES string of the molecule is Cc1cccc(OCCNC(=O)[C@@H](NC(=O)c2cccc(C)c2)C(C)C)c1. The molecule has 27 heavy (non-hydrogen) atoms. The van der Waals surface area contributed by atoms with Crippen LogP contribution in [0.3, 0.4) is 0 Å². The number of benzene rings is 2. The summed E-state index contributed by atoms with van der Waals surface area (Å²) in [6.45, 7) is 8.48. The minimum atomic E-state index is -0.600. The fourth-order valence-electron chi connectivity index (χ4n) is 2.70. The molecule has 0 saturated heterocycles. The topological polar surface area (TPSA) is 67.4 Å². The molecule has 0 aromatic heterocycles. The number of hydrogen-bond donors (Lipinski definition) is 2.